The number of hydrogen-bond donors (Lipinski definition) is 3. The Labute approximate surface area is 116 Å². The van der Waals surface area contributed by atoms with Crippen LogP contribution < -0.4 is 21.5 Å². The summed E-state index contributed by atoms with van der Waals surface area (Å²) >= 11 is 0. The maximum Gasteiger partial charge on any atom is 0.250 e. The highest BCUT2D eigenvalue weighted by Gasteiger charge is 2.07. The SMILES string of the molecule is NC(=O)c1cc(NCCOc2ccccc2)ncc1N. The van der Waals surface area contributed by atoms with Crippen LogP contribution in [0.3, 0.4) is 0 Å². The van der Waals surface area contributed by atoms with Crippen molar-refractivity contribution in [3.63, 3.8) is 0 Å². The highest BCUT2D eigenvalue weighted by Crippen LogP contribution is 2.14. The van der Waals surface area contributed by atoms with Gasteiger partial charge in [0.15, 0.2) is 0 Å². The van der Waals surface area contributed by atoms with Crippen molar-refractivity contribution < 1.29 is 9.53 Å². The third kappa shape index (κ3) is 3.61. The molecule has 1 heterocycles. The van der Waals surface area contributed by atoms with Crippen molar-refractivity contribution in [3.05, 3.63) is 48.2 Å². The lowest BCUT2D eigenvalue weighted by molar-refractivity contribution is 0.100. The number of hydrogen-bond acceptors (Lipinski definition) is 5. The number of anilines is 2. The first-order valence-electron chi connectivity index (χ1n) is 6.14. The third-order valence-corrected chi connectivity index (χ3v) is 2.62. The second kappa shape index (κ2) is 6.42. The molecule has 1 aromatic heterocycles. The largest absolute Gasteiger partial charge is 0.492 e. The number of nitrogens with zero attached hydrogens (tertiary/aromatic N) is 1. The number of primary amides is 1. The van der Waals surface area contributed by atoms with Crippen LogP contribution in [0.15, 0.2) is 42.6 Å². The minimum atomic E-state index is -0.575. The summed E-state index contributed by atoms with van der Waals surface area (Å²) in [5, 5.41) is 3.04. The number of carbonyl (C=O) groups is 1. The number of para-hydroxylation sites is 1. The molecule has 0 fully saturated rings. The number of nitrogens with two attached hydrogens (primary N) is 2. The highest BCUT2D eigenvalue weighted by molar-refractivity contribution is 5.98. The van der Waals surface area contributed by atoms with E-state index in [2.05, 4.69) is 10.3 Å². The van der Waals surface area contributed by atoms with Crippen LogP contribution in [0.25, 0.3) is 0 Å². The molecular formula is C14H16N4O2. The Bertz CT molecular complexity index is 587. The van der Waals surface area contributed by atoms with Crippen molar-refractivity contribution in [2.45, 2.75) is 0 Å². The third-order valence-electron chi connectivity index (χ3n) is 2.62. The molecule has 1 aromatic carbocycles. The minimum absolute atomic E-state index is 0.256. The molecule has 2 rings (SSSR count). The van der Waals surface area contributed by atoms with E-state index in [9.17, 15) is 4.79 Å². The number of pyridine rings is 1. The van der Waals surface area contributed by atoms with Crippen LogP contribution >= 0.6 is 0 Å². The number of rotatable bonds is 6. The summed E-state index contributed by atoms with van der Waals surface area (Å²) in [5.74, 6) is 0.760. The first-order chi connectivity index (χ1) is 9.66. The van der Waals surface area contributed by atoms with Gasteiger partial charge in [-0.15, -0.1) is 0 Å². The molecule has 0 spiro atoms. The summed E-state index contributed by atoms with van der Waals surface area (Å²) in [6, 6.07) is 11.0. The molecule has 0 bridgehead atoms. The van der Waals surface area contributed by atoms with Gasteiger partial charge in [-0.1, -0.05) is 18.2 Å². The molecular weight excluding hydrogens is 256 g/mol. The molecule has 0 saturated heterocycles. The van der Waals surface area contributed by atoms with E-state index < -0.39 is 5.91 Å². The number of carbonyl (C=O) groups excluding carboxylic acids is 1. The van der Waals surface area contributed by atoms with Gasteiger partial charge in [-0.25, -0.2) is 4.98 Å². The molecule has 1 amide bonds. The lowest BCUT2D eigenvalue weighted by Crippen LogP contribution is -2.16. The summed E-state index contributed by atoms with van der Waals surface area (Å²) in [5.41, 5.74) is 11.3. The normalized spacial score (nSPS) is 10.0. The molecule has 5 N–H and O–H groups in total. The van der Waals surface area contributed by atoms with Gasteiger partial charge >= 0.3 is 0 Å². The number of amides is 1. The average Bonchev–Trinajstić information content (AvgIpc) is 2.46. The Kier molecular flexibility index (Phi) is 4.39. The number of nitrogens with one attached hydrogen (secondary N) is 1. The minimum Gasteiger partial charge on any atom is -0.492 e. The maximum atomic E-state index is 11.2. The topological polar surface area (TPSA) is 103 Å². The molecule has 0 aliphatic carbocycles. The van der Waals surface area contributed by atoms with Crippen molar-refractivity contribution >= 4 is 17.4 Å². The fourth-order valence-corrected chi connectivity index (χ4v) is 1.64. The van der Waals surface area contributed by atoms with Crippen LogP contribution in [0.1, 0.15) is 10.4 Å². The van der Waals surface area contributed by atoms with Crippen LogP contribution in [-0.4, -0.2) is 24.0 Å². The summed E-state index contributed by atoms with van der Waals surface area (Å²) in [6.07, 6.45) is 1.40. The van der Waals surface area contributed by atoms with E-state index in [1.807, 2.05) is 30.3 Å². The molecule has 0 aliphatic rings. The van der Waals surface area contributed by atoms with Gasteiger partial charge in [0.05, 0.1) is 24.0 Å². The average molecular weight is 272 g/mol. The van der Waals surface area contributed by atoms with E-state index in [0.29, 0.717) is 19.0 Å². The predicted octanol–water partition coefficient (Wildman–Crippen LogP) is 1.25. The Morgan fingerprint density at radius 3 is 2.75 bits per heavy atom. The lowest BCUT2D eigenvalue weighted by Gasteiger charge is -2.09. The Morgan fingerprint density at radius 2 is 2.05 bits per heavy atom. The summed E-state index contributed by atoms with van der Waals surface area (Å²) in [4.78, 5) is 15.2. The van der Waals surface area contributed by atoms with E-state index in [1.54, 1.807) is 0 Å². The van der Waals surface area contributed by atoms with Gasteiger partial charge < -0.3 is 21.5 Å². The highest BCUT2D eigenvalue weighted by atomic mass is 16.5. The summed E-state index contributed by atoms with van der Waals surface area (Å²) in [7, 11) is 0. The van der Waals surface area contributed by atoms with Crippen LogP contribution in [0.5, 0.6) is 5.75 Å². The van der Waals surface area contributed by atoms with Gasteiger partial charge in [0.25, 0.3) is 5.91 Å². The quantitative estimate of drug-likeness (QED) is 0.687. The van der Waals surface area contributed by atoms with E-state index in [0.717, 1.165) is 5.75 Å². The molecule has 104 valence electrons. The fourth-order valence-electron chi connectivity index (χ4n) is 1.64. The predicted molar refractivity (Wildman–Crippen MR) is 77.6 cm³/mol. The van der Waals surface area contributed by atoms with Gasteiger partial charge in [0.1, 0.15) is 18.2 Å². The number of ether oxygens (including phenoxy) is 1. The van der Waals surface area contributed by atoms with Crippen molar-refractivity contribution in [1.82, 2.24) is 4.98 Å². The number of aromatic nitrogens is 1. The zero-order chi connectivity index (χ0) is 14.4. The molecule has 0 unspecified atom stereocenters. The van der Waals surface area contributed by atoms with Crippen molar-refractivity contribution in [2.75, 3.05) is 24.2 Å². The van der Waals surface area contributed by atoms with Crippen molar-refractivity contribution in [3.8, 4) is 5.75 Å². The van der Waals surface area contributed by atoms with Crippen molar-refractivity contribution in [2.24, 2.45) is 5.73 Å². The lowest BCUT2D eigenvalue weighted by atomic mass is 10.2. The molecule has 0 atom stereocenters. The van der Waals surface area contributed by atoms with Crippen LogP contribution in [-0.2, 0) is 0 Å². The molecule has 20 heavy (non-hydrogen) atoms. The molecule has 6 nitrogen and oxygen atoms in total. The first-order valence-corrected chi connectivity index (χ1v) is 6.14. The van der Waals surface area contributed by atoms with E-state index >= 15 is 0 Å². The smallest absolute Gasteiger partial charge is 0.250 e. The van der Waals surface area contributed by atoms with E-state index in [1.165, 1.54) is 12.3 Å². The van der Waals surface area contributed by atoms with Crippen molar-refractivity contribution in [1.29, 1.82) is 0 Å². The Morgan fingerprint density at radius 1 is 1.30 bits per heavy atom. The monoisotopic (exact) mass is 272 g/mol. The summed E-state index contributed by atoms with van der Waals surface area (Å²) in [6.45, 7) is 1.02. The molecule has 0 radical (unpaired) electrons. The van der Waals surface area contributed by atoms with Crippen LogP contribution in [0.4, 0.5) is 11.5 Å². The fraction of sp³-hybridized carbons (Fsp3) is 0.143. The summed E-state index contributed by atoms with van der Waals surface area (Å²) < 4.78 is 5.52. The zero-order valence-electron chi connectivity index (χ0n) is 10.9. The first kappa shape index (κ1) is 13.7. The maximum absolute atomic E-state index is 11.2. The zero-order valence-corrected chi connectivity index (χ0v) is 10.9. The molecule has 0 aliphatic heterocycles. The van der Waals surface area contributed by atoms with Gasteiger partial charge in [0.2, 0.25) is 0 Å². The number of nitrogen functional groups attached to an aromatic ring is 1. The van der Waals surface area contributed by atoms with Crippen LogP contribution in [0, 0.1) is 0 Å². The second-order valence-electron chi connectivity index (χ2n) is 4.11. The molecule has 0 saturated carbocycles. The van der Waals surface area contributed by atoms with Gasteiger partial charge in [-0.2, -0.15) is 0 Å². The van der Waals surface area contributed by atoms with Crippen LogP contribution in [0.2, 0.25) is 0 Å². The van der Waals surface area contributed by atoms with Gasteiger partial charge in [-0.3, -0.25) is 4.79 Å². The Hall–Kier alpha value is -2.76. The van der Waals surface area contributed by atoms with Gasteiger partial charge in [-0.05, 0) is 18.2 Å². The van der Waals surface area contributed by atoms with Gasteiger partial charge in [0, 0.05) is 0 Å². The van der Waals surface area contributed by atoms with E-state index in [4.69, 9.17) is 16.2 Å². The van der Waals surface area contributed by atoms with E-state index in [-0.39, 0.29) is 11.3 Å². The molecule has 6 heteroatoms. The Balaban J connectivity index is 1.85. The number of benzene rings is 1. The second-order valence-corrected chi connectivity index (χ2v) is 4.11. The standard InChI is InChI=1S/C14H16N4O2/c15-12-9-18-13(8-11(12)14(16)19)17-6-7-20-10-4-2-1-3-5-10/h1-5,8-9H,6-7,15H2,(H2,16,19)(H,17,18). The molecule has 2 aromatic rings.